The van der Waals surface area contributed by atoms with E-state index in [4.69, 9.17) is 5.73 Å². The van der Waals surface area contributed by atoms with Gasteiger partial charge in [-0.25, -0.2) is 14.6 Å². The molecule has 0 radical (unpaired) electrons. The molecular weight excluding hydrogens is 244 g/mol. The molecule has 0 aliphatic heterocycles. The van der Waals surface area contributed by atoms with Crippen molar-refractivity contribution >= 4 is 11.6 Å². The summed E-state index contributed by atoms with van der Waals surface area (Å²) in [5, 5.41) is 6.76. The first-order valence-electron chi connectivity index (χ1n) is 5.96. The fourth-order valence-electron chi connectivity index (χ4n) is 1.51. The van der Waals surface area contributed by atoms with E-state index in [1.807, 2.05) is 13.8 Å². The lowest BCUT2D eigenvalue weighted by atomic mass is 10.1. The van der Waals surface area contributed by atoms with Crippen molar-refractivity contribution in [3.05, 3.63) is 31.0 Å². The Morgan fingerprint density at radius 3 is 2.89 bits per heavy atom. The molecule has 19 heavy (non-hydrogen) atoms. The van der Waals surface area contributed by atoms with E-state index in [0.717, 1.165) is 0 Å². The number of anilines is 1. The molecule has 2 rings (SSSR count). The van der Waals surface area contributed by atoms with Crippen molar-refractivity contribution in [1.29, 1.82) is 0 Å². The zero-order valence-electron chi connectivity index (χ0n) is 10.8. The lowest BCUT2D eigenvalue weighted by molar-refractivity contribution is -0.118. The van der Waals surface area contributed by atoms with Crippen LogP contribution in [0.5, 0.6) is 0 Å². The summed E-state index contributed by atoms with van der Waals surface area (Å²) >= 11 is 0. The highest BCUT2D eigenvalue weighted by molar-refractivity contribution is 5.96. The third-order valence-electron chi connectivity index (χ3n) is 2.70. The molecule has 0 saturated carbocycles. The molecule has 1 unspecified atom stereocenters. The number of nitrogens with one attached hydrogen (secondary N) is 1. The van der Waals surface area contributed by atoms with Gasteiger partial charge in [-0.15, -0.1) is 0 Å². The second-order valence-corrected chi connectivity index (χ2v) is 4.47. The summed E-state index contributed by atoms with van der Waals surface area (Å²) in [5.41, 5.74) is 6.36. The van der Waals surface area contributed by atoms with Gasteiger partial charge in [0.05, 0.1) is 11.7 Å². The highest BCUT2D eigenvalue weighted by atomic mass is 16.2. The van der Waals surface area contributed by atoms with Gasteiger partial charge < -0.3 is 11.1 Å². The van der Waals surface area contributed by atoms with Gasteiger partial charge in [-0.1, -0.05) is 13.8 Å². The Morgan fingerprint density at radius 2 is 2.26 bits per heavy atom. The normalized spacial score (nSPS) is 12.4. The van der Waals surface area contributed by atoms with Gasteiger partial charge in [0.2, 0.25) is 5.91 Å². The fourth-order valence-corrected chi connectivity index (χ4v) is 1.51. The van der Waals surface area contributed by atoms with Crippen LogP contribution in [0.15, 0.2) is 31.0 Å². The van der Waals surface area contributed by atoms with Crippen molar-refractivity contribution in [2.45, 2.75) is 19.9 Å². The first kappa shape index (κ1) is 13.2. The number of aromatic nitrogens is 4. The molecule has 1 amide bonds. The molecule has 0 spiro atoms. The van der Waals surface area contributed by atoms with Crippen molar-refractivity contribution in [3.8, 4) is 5.82 Å². The van der Waals surface area contributed by atoms with Crippen LogP contribution in [0.25, 0.3) is 5.82 Å². The van der Waals surface area contributed by atoms with Crippen LogP contribution in [0, 0.1) is 5.92 Å². The average molecular weight is 260 g/mol. The maximum Gasteiger partial charge on any atom is 0.241 e. The smallest absolute Gasteiger partial charge is 0.241 e. The molecule has 2 aromatic rings. The minimum atomic E-state index is -0.566. The minimum absolute atomic E-state index is 0.0616. The van der Waals surface area contributed by atoms with Crippen molar-refractivity contribution < 1.29 is 4.79 Å². The number of rotatable bonds is 4. The van der Waals surface area contributed by atoms with Crippen LogP contribution in [0.2, 0.25) is 0 Å². The van der Waals surface area contributed by atoms with E-state index in [2.05, 4.69) is 20.4 Å². The molecule has 7 heteroatoms. The quantitative estimate of drug-likeness (QED) is 0.838. The fraction of sp³-hybridized carbons (Fsp3) is 0.333. The van der Waals surface area contributed by atoms with Crippen LogP contribution in [0.3, 0.4) is 0 Å². The molecule has 1 atom stereocenters. The maximum absolute atomic E-state index is 12.0. The van der Waals surface area contributed by atoms with Crippen molar-refractivity contribution in [1.82, 2.24) is 19.7 Å². The van der Waals surface area contributed by atoms with E-state index in [9.17, 15) is 4.79 Å². The first-order valence-corrected chi connectivity index (χ1v) is 5.96. The number of amides is 1. The van der Waals surface area contributed by atoms with E-state index in [0.29, 0.717) is 11.5 Å². The average Bonchev–Trinajstić information content (AvgIpc) is 2.92. The Hall–Kier alpha value is -2.28. The zero-order valence-corrected chi connectivity index (χ0v) is 10.8. The molecule has 0 saturated heterocycles. The molecule has 0 aliphatic rings. The molecule has 0 bridgehead atoms. The predicted molar refractivity (Wildman–Crippen MR) is 70.6 cm³/mol. The second-order valence-electron chi connectivity index (χ2n) is 4.47. The summed E-state index contributed by atoms with van der Waals surface area (Å²) in [6.07, 6.45) is 4.54. The number of hydrogen-bond donors (Lipinski definition) is 2. The number of carbonyl (C=O) groups excluding carboxylic acids is 1. The molecule has 100 valence electrons. The summed E-state index contributed by atoms with van der Waals surface area (Å²) in [4.78, 5) is 20.0. The van der Waals surface area contributed by atoms with E-state index in [-0.39, 0.29) is 11.8 Å². The Labute approximate surface area is 110 Å². The highest BCUT2D eigenvalue weighted by Gasteiger charge is 2.19. The molecule has 0 aliphatic carbocycles. The maximum atomic E-state index is 12.0. The van der Waals surface area contributed by atoms with Gasteiger partial charge in [0, 0.05) is 6.20 Å². The summed E-state index contributed by atoms with van der Waals surface area (Å²) in [7, 11) is 0. The topological polar surface area (TPSA) is 98.7 Å². The summed E-state index contributed by atoms with van der Waals surface area (Å²) in [6, 6.07) is 2.91. The van der Waals surface area contributed by atoms with Crippen molar-refractivity contribution in [2.24, 2.45) is 11.7 Å². The Kier molecular flexibility index (Phi) is 3.86. The number of carbonyl (C=O) groups is 1. The SMILES string of the molecule is CC(C)C(N)C(=O)Nc1cccnc1-n1cncn1. The number of pyridine rings is 1. The monoisotopic (exact) mass is 260 g/mol. The van der Waals surface area contributed by atoms with Crippen LogP contribution in [0.1, 0.15) is 13.8 Å². The van der Waals surface area contributed by atoms with Gasteiger partial charge in [0.25, 0.3) is 0 Å². The first-order chi connectivity index (χ1) is 9.09. The lowest BCUT2D eigenvalue weighted by Gasteiger charge is -2.16. The van der Waals surface area contributed by atoms with Crippen LogP contribution in [-0.2, 0) is 4.79 Å². The van der Waals surface area contributed by atoms with Crippen LogP contribution >= 0.6 is 0 Å². The second kappa shape index (κ2) is 5.57. The third kappa shape index (κ3) is 2.94. The van der Waals surface area contributed by atoms with Crippen LogP contribution < -0.4 is 11.1 Å². The molecule has 2 heterocycles. The third-order valence-corrected chi connectivity index (χ3v) is 2.70. The van der Waals surface area contributed by atoms with Crippen molar-refractivity contribution in [3.63, 3.8) is 0 Å². The number of hydrogen-bond acceptors (Lipinski definition) is 5. The Bertz CT molecular complexity index is 551. The molecular formula is C12H16N6O. The van der Waals surface area contributed by atoms with Gasteiger partial charge in [0.1, 0.15) is 12.7 Å². The summed E-state index contributed by atoms with van der Waals surface area (Å²) in [5.74, 6) is 0.320. The largest absolute Gasteiger partial charge is 0.322 e. The molecule has 0 aromatic carbocycles. The van der Waals surface area contributed by atoms with Gasteiger partial charge >= 0.3 is 0 Å². The van der Waals surface area contributed by atoms with Gasteiger partial charge in [-0.05, 0) is 18.1 Å². The molecule has 2 aromatic heterocycles. The summed E-state index contributed by atoms with van der Waals surface area (Å²) in [6.45, 7) is 3.79. The van der Waals surface area contributed by atoms with Crippen LogP contribution in [0.4, 0.5) is 5.69 Å². The standard InChI is InChI=1S/C12H16N6O/c1-8(2)10(13)12(19)17-9-4-3-5-15-11(9)18-7-14-6-16-18/h3-8,10H,13H2,1-2H3,(H,17,19). The van der Waals surface area contributed by atoms with Crippen molar-refractivity contribution in [2.75, 3.05) is 5.32 Å². The van der Waals surface area contributed by atoms with Gasteiger partial charge in [-0.2, -0.15) is 5.10 Å². The Morgan fingerprint density at radius 1 is 1.47 bits per heavy atom. The van der Waals surface area contributed by atoms with E-state index < -0.39 is 6.04 Å². The highest BCUT2D eigenvalue weighted by Crippen LogP contribution is 2.16. The molecule has 7 nitrogen and oxygen atoms in total. The van der Waals surface area contributed by atoms with Crippen LogP contribution in [-0.4, -0.2) is 31.7 Å². The lowest BCUT2D eigenvalue weighted by Crippen LogP contribution is -2.40. The molecule has 0 fully saturated rings. The van der Waals surface area contributed by atoms with Gasteiger partial charge in [0.15, 0.2) is 5.82 Å². The summed E-state index contributed by atoms with van der Waals surface area (Å²) < 4.78 is 1.48. The minimum Gasteiger partial charge on any atom is -0.322 e. The van der Waals surface area contributed by atoms with E-state index >= 15 is 0 Å². The Balaban J connectivity index is 2.24. The zero-order chi connectivity index (χ0) is 13.8. The molecule has 3 N–H and O–H groups in total. The number of nitrogens with zero attached hydrogens (tertiary/aromatic N) is 4. The van der Waals surface area contributed by atoms with E-state index in [1.54, 1.807) is 18.3 Å². The number of nitrogens with two attached hydrogens (primary N) is 1. The predicted octanol–water partition coefficient (Wildman–Crippen LogP) is 0.584. The van der Waals surface area contributed by atoms with E-state index in [1.165, 1.54) is 17.3 Å². The van der Waals surface area contributed by atoms with Gasteiger partial charge in [-0.3, -0.25) is 4.79 Å².